The van der Waals surface area contributed by atoms with E-state index >= 15 is 0 Å². The quantitative estimate of drug-likeness (QED) is 0.509. The Labute approximate surface area is 175 Å². The summed E-state index contributed by atoms with van der Waals surface area (Å²) < 4.78 is 0. The number of fused-ring (bicyclic) bond motifs is 3. The molecule has 0 spiro atoms. The van der Waals surface area contributed by atoms with E-state index in [-0.39, 0.29) is 5.78 Å². The zero-order chi connectivity index (χ0) is 21.7. The maximum absolute atomic E-state index is 12.9. The molecule has 2 aromatic rings. The summed E-state index contributed by atoms with van der Waals surface area (Å²) in [5, 5.41) is 2.30. The van der Waals surface area contributed by atoms with Crippen molar-refractivity contribution in [1.82, 2.24) is 0 Å². The van der Waals surface area contributed by atoms with Gasteiger partial charge >= 0.3 is 0 Å². The first-order valence-corrected chi connectivity index (χ1v) is 10.6. The van der Waals surface area contributed by atoms with E-state index in [1.807, 2.05) is 52.0 Å². The van der Waals surface area contributed by atoms with E-state index < -0.39 is 0 Å². The summed E-state index contributed by atoms with van der Waals surface area (Å²) >= 11 is 0. The van der Waals surface area contributed by atoms with Crippen molar-refractivity contribution < 1.29 is 4.79 Å². The van der Waals surface area contributed by atoms with E-state index in [1.165, 1.54) is 10.9 Å². The lowest BCUT2D eigenvalue weighted by Crippen LogP contribution is -2.00. The number of benzene rings is 2. The highest BCUT2D eigenvalue weighted by molar-refractivity contribution is 6.25. The average Bonchev–Trinajstić information content (AvgIpc) is 2.92. The molecule has 0 radical (unpaired) electrons. The van der Waals surface area contributed by atoms with E-state index in [1.54, 1.807) is 0 Å². The van der Waals surface area contributed by atoms with E-state index in [0.717, 1.165) is 50.8 Å². The Morgan fingerprint density at radius 3 is 1.69 bits per heavy atom. The molecule has 0 bridgehead atoms. The Morgan fingerprint density at radius 1 is 0.759 bits per heavy atom. The molecule has 1 heteroatoms. The molecule has 29 heavy (non-hydrogen) atoms. The van der Waals surface area contributed by atoms with Gasteiger partial charge in [-0.25, -0.2) is 0 Å². The smallest absolute Gasteiger partial charge is 0.194 e. The van der Waals surface area contributed by atoms with Crippen LogP contribution in [-0.2, 0) is 0 Å². The van der Waals surface area contributed by atoms with Crippen molar-refractivity contribution in [3.05, 3.63) is 88.5 Å². The van der Waals surface area contributed by atoms with Crippen LogP contribution in [0.15, 0.2) is 55.2 Å². The summed E-state index contributed by atoms with van der Waals surface area (Å²) in [4.78, 5) is 12.9. The van der Waals surface area contributed by atoms with Gasteiger partial charge in [-0.2, -0.15) is 0 Å². The molecule has 2 aliphatic carbocycles. The molecule has 2 aromatic carbocycles. The molecular weight excluding hydrogens is 352 g/mol. The Kier molecular flexibility index (Phi) is 7.34. The topological polar surface area (TPSA) is 17.1 Å². The zero-order valence-corrected chi connectivity index (χ0v) is 18.6. The van der Waals surface area contributed by atoms with Crippen LogP contribution < -0.4 is 0 Å². The third-order valence-electron chi connectivity index (χ3n) is 5.38. The van der Waals surface area contributed by atoms with Crippen molar-refractivity contribution >= 4 is 34.3 Å². The number of aryl methyl sites for hydroxylation is 2. The van der Waals surface area contributed by atoms with E-state index in [0.29, 0.717) is 0 Å². The lowest BCUT2D eigenvalue weighted by atomic mass is 9.87. The highest BCUT2D eigenvalue weighted by Gasteiger charge is 2.28. The number of carbonyl (C=O) groups is 1. The Bertz CT molecular complexity index is 1070. The highest BCUT2D eigenvalue weighted by Crippen LogP contribution is 2.41. The maximum atomic E-state index is 12.9. The number of hydrogen-bond donors (Lipinski definition) is 0. The second-order valence-corrected chi connectivity index (χ2v) is 6.63. The van der Waals surface area contributed by atoms with Crippen LogP contribution >= 0.6 is 0 Å². The van der Waals surface area contributed by atoms with Gasteiger partial charge < -0.3 is 0 Å². The number of hydrogen-bond acceptors (Lipinski definition) is 1. The first-order chi connectivity index (χ1) is 14.1. The van der Waals surface area contributed by atoms with E-state index in [4.69, 9.17) is 0 Å². The normalized spacial score (nSPS) is 13.7. The van der Waals surface area contributed by atoms with Gasteiger partial charge in [0.2, 0.25) is 0 Å². The summed E-state index contributed by atoms with van der Waals surface area (Å²) in [6.45, 7) is 20.2. The van der Waals surface area contributed by atoms with Gasteiger partial charge in [-0.15, -0.1) is 0 Å². The number of allylic oxidation sites excluding steroid dienone is 6. The van der Waals surface area contributed by atoms with Gasteiger partial charge in [0.1, 0.15) is 0 Å². The van der Waals surface area contributed by atoms with E-state index in [9.17, 15) is 4.79 Å². The molecular formula is C28H32O. The predicted octanol–water partition coefficient (Wildman–Crippen LogP) is 8.26. The molecule has 2 aliphatic rings. The minimum absolute atomic E-state index is 0.125. The number of Topliss-reactive ketones (excluding diaryl/α,β-unsaturated/α-hetero) is 1. The molecule has 0 N–H and O–H groups in total. The predicted molar refractivity (Wildman–Crippen MR) is 130 cm³/mol. The van der Waals surface area contributed by atoms with Crippen LogP contribution in [0.1, 0.15) is 72.3 Å². The fourth-order valence-corrected chi connectivity index (χ4v) is 4.06. The minimum atomic E-state index is 0.125. The van der Waals surface area contributed by atoms with Gasteiger partial charge in [-0.1, -0.05) is 77.3 Å². The summed E-state index contributed by atoms with van der Waals surface area (Å²) in [7, 11) is 0. The molecule has 0 aromatic heterocycles. The molecule has 0 saturated carbocycles. The van der Waals surface area contributed by atoms with Crippen molar-refractivity contribution in [1.29, 1.82) is 0 Å². The van der Waals surface area contributed by atoms with Gasteiger partial charge in [-0.05, 0) is 76.6 Å². The Hall–Kier alpha value is -2.93. The number of rotatable bonds is 2. The van der Waals surface area contributed by atoms with Crippen molar-refractivity contribution in [2.75, 3.05) is 0 Å². The minimum Gasteiger partial charge on any atom is -0.289 e. The molecule has 0 saturated heterocycles. The molecule has 0 fully saturated rings. The molecule has 0 aliphatic heterocycles. The zero-order valence-electron chi connectivity index (χ0n) is 18.6. The van der Waals surface area contributed by atoms with Crippen LogP contribution in [0.3, 0.4) is 0 Å². The van der Waals surface area contributed by atoms with Crippen LogP contribution in [0.4, 0.5) is 0 Å². The highest BCUT2D eigenvalue weighted by atomic mass is 16.1. The van der Waals surface area contributed by atoms with Crippen molar-refractivity contribution in [2.45, 2.75) is 48.0 Å². The lowest BCUT2D eigenvalue weighted by molar-refractivity contribution is 0.104. The van der Waals surface area contributed by atoms with Crippen LogP contribution in [0, 0.1) is 13.8 Å². The third-order valence-corrected chi connectivity index (χ3v) is 5.38. The maximum Gasteiger partial charge on any atom is 0.194 e. The summed E-state index contributed by atoms with van der Waals surface area (Å²) in [5.41, 5.74) is 8.24. The largest absolute Gasteiger partial charge is 0.289 e. The van der Waals surface area contributed by atoms with Crippen LogP contribution in [-0.4, -0.2) is 5.78 Å². The van der Waals surface area contributed by atoms with Crippen LogP contribution in [0.5, 0.6) is 0 Å². The van der Waals surface area contributed by atoms with Gasteiger partial charge in [0, 0.05) is 11.1 Å². The average molecular weight is 385 g/mol. The van der Waals surface area contributed by atoms with Gasteiger partial charge in [0.25, 0.3) is 0 Å². The van der Waals surface area contributed by atoms with Crippen molar-refractivity contribution in [3.8, 4) is 0 Å². The van der Waals surface area contributed by atoms with E-state index in [2.05, 4.69) is 51.3 Å². The Balaban J connectivity index is 0.000000707. The summed E-state index contributed by atoms with van der Waals surface area (Å²) in [6, 6.07) is 4.24. The Morgan fingerprint density at radius 2 is 1.21 bits per heavy atom. The summed E-state index contributed by atoms with van der Waals surface area (Å²) in [6.07, 6.45) is 12.9. The molecule has 0 atom stereocenters. The van der Waals surface area contributed by atoms with Crippen molar-refractivity contribution in [3.63, 3.8) is 0 Å². The molecule has 0 amide bonds. The second kappa shape index (κ2) is 9.52. The van der Waals surface area contributed by atoms with Crippen LogP contribution in [0.2, 0.25) is 0 Å². The molecule has 4 rings (SSSR count). The molecule has 150 valence electrons. The third kappa shape index (κ3) is 3.58. The summed E-state index contributed by atoms with van der Waals surface area (Å²) in [5.74, 6) is 0.125. The van der Waals surface area contributed by atoms with Crippen molar-refractivity contribution in [2.24, 2.45) is 0 Å². The molecule has 0 unspecified atom stereocenters. The lowest BCUT2D eigenvalue weighted by Gasteiger charge is -2.16. The molecule has 1 nitrogen and oxygen atoms in total. The van der Waals surface area contributed by atoms with Gasteiger partial charge in [-0.3, -0.25) is 4.79 Å². The second-order valence-electron chi connectivity index (χ2n) is 6.63. The monoisotopic (exact) mass is 384 g/mol. The molecule has 0 heterocycles. The fourth-order valence-electron chi connectivity index (χ4n) is 4.06. The fraction of sp³-hybridized carbons (Fsp3) is 0.250. The van der Waals surface area contributed by atoms with Gasteiger partial charge in [0.15, 0.2) is 5.78 Å². The van der Waals surface area contributed by atoms with Gasteiger partial charge in [0.05, 0.1) is 0 Å². The first kappa shape index (κ1) is 22.4. The SMILES string of the molecule is C=Cc1c(C=C)c(C)c2cc3c(cc2c1C)C(=O)C1=C3C=CCC=C1.CC.CC. The standard InChI is InChI=1S/C24H20O.2C2H6/c1-5-16-14(3)20-12-22-18-10-8-7-9-11-19(18)24(25)23(22)13-21(20)15(4)17(16)6-2;2*1-2/h5-6,8-13H,1-2,7H2,3-4H3;2*1-2H3. The number of carbonyl (C=O) groups excluding carboxylic acids is 1. The first-order valence-electron chi connectivity index (χ1n) is 10.6. The number of ketones is 1. The van der Waals surface area contributed by atoms with Crippen LogP contribution in [0.25, 0.3) is 28.5 Å².